The summed E-state index contributed by atoms with van der Waals surface area (Å²) in [5.74, 6) is -0.276. The van der Waals surface area contributed by atoms with Crippen LogP contribution in [-0.4, -0.2) is 6.36 Å². The number of hydrogen-bond donors (Lipinski definition) is 0. The molecule has 0 amide bonds. The molecule has 0 aliphatic rings. The second-order valence-corrected chi connectivity index (χ2v) is 3.43. The van der Waals surface area contributed by atoms with Crippen molar-refractivity contribution in [2.24, 2.45) is 0 Å². The van der Waals surface area contributed by atoms with Gasteiger partial charge in [0, 0.05) is 15.9 Å². The molecule has 0 unspecified atom stereocenters. The van der Waals surface area contributed by atoms with E-state index in [0.717, 1.165) is 6.07 Å². The summed E-state index contributed by atoms with van der Waals surface area (Å²) in [5.41, 5.74) is 0.395. The average Bonchev–Trinajstić information content (AvgIpc) is 2.01. The van der Waals surface area contributed by atoms with Gasteiger partial charge in [-0.05, 0) is 12.1 Å². The van der Waals surface area contributed by atoms with Gasteiger partial charge in [-0.1, -0.05) is 33.6 Å². The molecule has 78 valence electrons. The third kappa shape index (κ3) is 3.38. The molecular formula is C8H5BrClF3O. The van der Waals surface area contributed by atoms with E-state index < -0.39 is 6.36 Å². The Labute approximate surface area is 91.9 Å². The first-order valence-corrected chi connectivity index (χ1v) is 5.02. The Morgan fingerprint density at radius 3 is 2.50 bits per heavy atom. The predicted octanol–water partition coefficient (Wildman–Crippen LogP) is 4.13. The van der Waals surface area contributed by atoms with Gasteiger partial charge in [0.2, 0.25) is 0 Å². The number of alkyl halides is 4. The Morgan fingerprint density at radius 1 is 1.36 bits per heavy atom. The SMILES string of the molecule is FC(F)(F)Oc1cc(Cl)ccc1CBr. The molecule has 14 heavy (non-hydrogen) atoms. The van der Waals surface area contributed by atoms with Crippen molar-refractivity contribution >= 4 is 27.5 Å². The van der Waals surface area contributed by atoms with Crippen molar-refractivity contribution in [2.45, 2.75) is 11.7 Å². The smallest absolute Gasteiger partial charge is 0.405 e. The average molecular weight is 289 g/mol. The highest BCUT2D eigenvalue weighted by Gasteiger charge is 2.32. The Balaban J connectivity index is 2.99. The molecule has 0 N–H and O–H groups in total. The molecule has 1 rings (SSSR count). The summed E-state index contributed by atoms with van der Waals surface area (Å²) in [6.07, 6.45) is -4.69. The lowest BCUT2D eigenvalue weighted by Crippen LogP contribution is -2.17. The van der Waals surface area contributed by atoms with Crippen LogP contribution in [0.4, 0.5) is 13.2 Å². The van der Waals surface area contributed by atoms with Crippen LogP contribution in [0, 0.1) is 0 Å². The van der Waals surface area contributed by atoms with Gasteiger partial charge in [-0.3, -0.25) is 0 Å². The fraction of sp³-hybridized carbons (Fsp3) is 0.250. The molecule has 0 aromatic heterocycles. The zero-order chi connectivity index (χ0) is 10.8. The molecule has 0 spiro atoms. The summed E-state index contributed by atoms with van der Waals surface area (Å²) in [6.45, 7) is 0. The first-order valence-electron chi connectivity index (χ1n) is 3.52. The van der Waals surface area contributed by atoms with Crippen LogP contribution in [0.2, 0.25) is 5.02 Å². The lowest BCUT2D eigenvalue weighted by Gasteiger charge is -2.11. The molecular weight excluding hydrogens is 284 g/mol. The fourth-order valence-corrected chi connectivity index (χ4v) is 1.48. The second kappa shape index (κ2) is 4.40. The maximum absolute atomic E-state index is 11.9. The first-order chi connectivity index (χ1) is 6.42. The van der Waals surface area contributed by atoms with E-state index in [1.54, 1.807) is 0 Å². The minimum absolute atomic E-state index is 0.203. The maximum atomic E-state index is 11.9. The molecule has 0 radical (unpaired) electrons. The van der Waals surface area contributed by atoms with E-state index in [9.17, 15) is 13.2 Å². The Hall–Kier alpha value is -0.420. The van der Waals surface area contributed by atoms with E-state index >= 15 is 0 Å². The van der Waals surface area contributed by atoms with Gasteiger partial charge in [0.1, 0.15) is 5.75 Å². The topological polar surface area (TPSA) is 9.23 Å². The van der Waals surface area contributed by atoms with Gasteiger partial charge in [-0.2, -0.15) is 0 Å². The van der Waals surface area contributed by atoms with Crippen molar-refractivity contribution in [3.8, 4) is 5.75 Å². The van der Waals surface area contributed by atoms with Crippen LogP contribution in [0.5, 0.6) is 5.75 Å². The van der Waals surface area contributed by atoms with Gasteiger partial charge in [0.25, 0.3) is 0 Å². The van der Waals surface area contributed by atoms with E-state index in [2.05, 4.69) is 20.7 Å². The van der Waals surface area contributed by atoms with Crippen LogP contribution in [0.3, 0.4) is 0 Å². The molecule has 0 bridgehead atoms. The number of hydrogen-bond acceptors (Lipinski definition) is 1. The van der Waals surface area contributed by atoms with Crippen LogP contribution in [0.25, 0.3) is 0 Å². The van der Waals surface area contributed by atoms with Crippen LogP contribution < -0.4 is 4.74 Å². The number of rotatable bonds is 2. The van der Waals surface area contributed by atoms with Gasteiger partial charge < -0.3 is 4.74 Å². The van der Waals surface area contributed by atoms with Crippen molar-refractivity contribution in [2.75, 3.05) is 0 Å². The summed E-state index contributed by atoms with van der Waals surface area (Å²) in [6, 6.07) is 4.10. The van der Waals surface area contributed by atoms with Crippen molar-refractivity contribution in [1.82, 2.24) is 0 Å². The summed E-state index contributed by atoms with van der Waals surface area (Å²) in [7, 11) is 0. The van der Waals surface area contributed by atoms with Crippen molar-refractivity contribution in [3.63, 3.8) is 0 Å². The number of ether oxygens (including phenoxy) is 1. The highest BCUT2D eigenvalue weighted by molar-refractivity contribution is 9.08. The minimum Gasteiger partial charge on any atom is -0.405 e. The van der Waals surface area contributed by atoms with Gasteiger partial charge in [0.05, 0.1) is 0 Å². The van der Waals surface area contributed by atoms with Gasteiger partial charge in [-0.25, -0.2) is 0 Å². The van der Waals surface area contributed by atoms with E-state index in [4.69, 9.17) is 11.6 Å². The first kappa shape index (κ1) is 11.7. The van der Waals surface area contributed by atoms with Crippen molar-refractivity contribution < 1.29 is 17.9 Å². The molecule has 0 fully saturated rings. The highest BCUT2D eigenvalue weighted by atomic mass is 79.9. The Morgan fingerprint density at radius 2 is 2.00 bits per heavy atom. The summed E-state index contributed by atoms with van der Waals surface area (Å²) in [5, 5.41) is 0.476. The van der Waals surface area contributed by atoms with E-state index in [1.165, 1.54) is 12.1 Å². The molecule has 1 aromatic rings. The largest absolute Gasteiger partial charge is 0.573 e. The minimum atomic E-state index is -4.69. The third-order valence-corrected chi connectivity index (χ3v) is 2.24. The number of halogens is 5. The predicted molar refractivity (Wildman–Crippen MR) is 50.8 cm³/mol. The zero-order valence-corrected chi connectivity index (χ0v) is 9.08. The summed E-state index contributed by atoms with van der Waals surface area (Å²) >= 11 is 8.59. The molecule has 6 heteroatoms. The van der Waals surface area contributed by atoms with Gasteiger partial charge >= 0.3 is 6.36 Å². The lowest BCUT2D eigenvalue weighted by molar-refractivity contribution is -0.274. The van der Waals surface area contributed by atoms with Crippen LogP contribution >= 0.6 is 27.5 Å². The van der Waals surface area contributed by atoms with E-state index in [1.807, 2.05) is 0 Å². The molecule has 0 heterocycles. The third-order valence-electron chi connectivity index (χ3n) is 1.40. The highest BCUT2D eigenvalue weighted by Crippen LogP contribution is 2.30. The molecule has 0 saturated carbocycles. The van der Waals surface area contributed by atoms with Crippen LogP contribution in [-0.2, 0) is 5.33 Å². The number of benzene rings is 1. The van der Waals surface area contributed by atoms with Crippen molar-refractivity contribution in [3.05, 3.63) is 28.8 Å². The summed E-state index contributed by atoms with van der Waals surface area (Å²) in [4.78, 5) is 0. The zero-order valence-electron chi connectivity index (χ0n) is 6.74. The van der Waals surface area contributed by atoms with Gasteiger partial charge in [-0.15, -0.1) is 13.2 Å². The van der Waals surface area contributed by atoms with E-state index in [-0.39, 0.29) is 16.1 Å². The maximum Gasteiger partial charge on any atom is 0.573 e. The van der Waals surface area contributed by atoms with Gasteiger partial charge in [0.15, 0.2) is 0 Å². The quantitative estimate of drug-likeness (QED) is 0.744. The molecule has 0 aliphatic heterocycles. The summed E-state index contributed by atoms with van der Waals surface area (Å²) < 4.78 is 39.5. The van der Waals surface area contributed by atoms with E-state index in [0.29, 0.717) is 5.56 Å². The fourth-order valence-electron chi connectivity index (χ4n) is 0.858. The molecule has 1 aromatic carbocycles. The lowest BCUT2D eigenvalue weighted by atomic mass is 10.2. The van der Waals surface area contributed by atoms with Crippen LogP contribution in [0.15, 0.2) is 18.2 Å². The normalized spacial score (nSPS) is 11.5. The van der Waals surface area contributed by atoms with Crippen LogP contribution in [0.1, 0.15) is 5.56 Å². The standard InChI is InChI=1S/C8H5BrClF3O/c9-4-5-1-2-6(10)3-7(5)14-8(11,12)13/h1-3H,4H2. The second-order valence-electron chi connectivity index (χ2n) is 2.43. The monoisotopic (exact) mass is 288 g/mol. The Kier molecular flexibility index (Phi) is 3.66. The molecule has 0 saturated heterocycles. The van der Waals surface area contributed by atoms with Crippen molar-refractivity contribution in [1.29, 1.82) is 0 Å². The molecule has 0 aliphatic carbocycles. The molecule has 0 atom stereocenters. The Bertz CT molecular complexity index is 327. The molecule has 1 nitrogen and oxygen atoms in total.